The van der Waals surface area contributed by atoms with E-state index in [1.54, 1.807) is 29.5 Å². The second-order valence-corrected chi connectivity index (χ2v) is 6.81. The van der Waals surface area contributed by atoms with E-state index >= 15 is 0 Å². The highest BCUT2D eigenvalue weighted by Gasteiger charge is 2.39. The molecule has 0 radical (unpaired) electrons. The van der Waals surface area contributed by atoms with Crippen LogP contribution < -0.4 is 10.6 Å². The number of hydrogen-bond acceptors (Lipinski definition) is 4. The van der Waals surface area contributed by atoms with E-state index in [9.17, 15) is 18.0 Å². The molecule has 0 aliphatic heterocycles. The minimum Gasteiger partial charge on any atom is -0.337 e. The van der Waals surface area contributed by atoms with E-state index in [0.717, 1.165) is 28.0 Å². The minimum absolute atomic E-state index is 0.249. The number of hydrogen-bond donors (Lipinski definition) is 2. The van der Waals surface area contributed by atoms with Crippen molar-refractivity contribution in [2.24, 2.45) is 0 Å². The standard InChI is InChI=1S/C18H18F3N5OS/c1-2-15-24-12(11-28-15)8-9-22-17(27)25-14-10-23-26(16(14)18(19,20)21)13-6-4-3-5-7-13/h3-7,10-11H,2,8-9H2,1H3,(H2,22,25,27). The number of aryl methyl sites for hydroxylation is 1. The number of nitrogens with zero attached hydrogens (tertiary/aromatic N) is 3. The molecule has 0 bridgehead atoms. The van der Waals surface area contributed by atoms with E-state index in [1.807, 2.05) is 12.3 Å². The Kier molecular flexibility index (Phi) is 5.98. The molecule has 0 saturated heterocycles. The molecule has 1 aromatic carbocycles. The molecule has 0 saturated carbocycles. The van der Waals surface area contributed by atoms with Gasteiger partial charge in [-0.05, 0) is 18.6 Å². The summed E-state index contributed by atoms with van der Waals surface area (Å²) in [6.07, 6.45) is -2.36. The number of nitrogens with one attached hydrogen (secondary N) is 2. The molecule has 2 amide bonds. The summed E-state index contributed by atoms with van der Waals surface area (Å²) in [7, 11) is 0. The SMILES string of the molecule is CCc1nc(CCNC(=O)Nc2cnn(-c3ccccc3)c2C(F)(F)F)cs1. The van der Waals surface area contributed by atoms with Gasteiger partial charge in [-0.1, -0.05) is 25.1 Å². The van der Waals surface area contributed by atoms with E-state index in [2.05, 4.69) is 20.7 Å². The fourth-order valence-electron chi connectivity index (χ4n) is 2.57. The molecule has 148 valence electrons. The molecule has 0 spiro atoms. The monoisotopic (exact) mass is 409 g/mol. The van der Waals surface area contributed by atoms with Crippen molar-refractivity contribution >= 4 is 23.1 Å². The molecule has 0 fully saturated rings. The molecular formula is C18H18F3N5OS. The summed E-state index contributed by atoms with van der Waals surface area (Å²) in [5.74, 6) is 0. The number of anilines is 1. The Labute approximate surface area is 163 Å². The second-order valence-electron chi connectivity index (χ2n) is 5.87. The van der Waals surface area contributed by atoms with Gasteiger partial charge < -0.3 is 10.6 Å². The molecule has 6 nitrogen and oxygen atoms in total. The number of carbonyl (C=O) groups is 1. The van der Waals surface area contributed by atoms with Crippen molar-refractivity contribution in [3.8, 4) is 5.69 Å². The normalized spacial score (nSPS) is 11.4. The number of benzene rings is 1. The third-order valence-corrected chi connectivity index (χ3v) is 4.90. The lowest BCUT2D eigenvalue weighted by Gasteiger charge is -2.13. The Morgan fingerprint density at radius 3 is 2.64 bits per heavy atom. The zero-order chi connectivity index (χ0) is 20.1. The Morgan fingerprint density at radius 1 is 1.25 bits per heavy atom. The first kappa shape index (κ1) is 19.9. The number of rotatable bonds is 6. The second kappa shape index (κ2) is 8.42. The van der Waals surface area contributed by atoms with Crippen molar-refractivity contribution in [3.05, 3.63) is 58.3 Å². The highest BCUT2D eigenvalue weighted by atomic mass is 32.1. The molecular weight excluding hydrogens is 391 g/mol. The van der Waals surface area contributed by atoms with E-state index in [1.165, 1.54) is 12.1 Å². The molecule has 2 aromatic heterocycles. The van der Waals surface area contributed by atoms with E-state index in [0.29, 0.717) is 6.42 Å². The van der Waals surface area contributed by atoms with Crippen LogP contribution in [-0.4, -0.2) is 27.3 Å². The topological polar surface area (TPSA) is 71.8 Å². The average molecular weight is 409 g/mol. The molecule has 2 heterocycles. The van der Waals surface area contributed by atoms with Crippen molar-refractivity contribution < 1.29 is 18.0 Å². The lowest BCUT2D eigenvalue weighted by Crippen LogP contribution is -2.31. The minimum atomic E-state index is -4.69. The largest absolute Gasteiger partial charge is 0.435 e. The van der Waals surface area contributed by atoms with Crippen LogP contribution in [0.2, 0.25) is 0 Å². The lowest BCUT2D eigenvalue weighted by atomic mass is 10.3. The van der Waals surface area contributed by atoms with Crippen LogP contribution in [0.1, 0.15) is 23.3 Å². The van der Waals surface area contributed by atoms with Gasteiger partial charge >= 0.3 is 12.2 Å². The van der Waals surface area contributed by atoms with Gasteiger partial charge in [-0.15, -0.1) is 11.3 Å². The Hall–Kier alpha value is -2.88. The van der Waals surface area contributed by atoms with Gasteiger partial charge in [-0.25, -0.2) is 14.5 Å². The van der Waals surface area contributed by atoms with Gasteiger partial charge in [0.2, 0.25) is 0 Å². The maximum Gasteiger partial charge on any atom is 0.435 e. The highest BCUT2D eigenvalue weighted by Crippen LogP contribution is 2.36. The van der Waals surface area contributed by atoms with Gasteiger partial charge in [0, 0.05) is 18.3 Å². The molecule has 28 heavy (non-hydrogen) atoms. The molecule has 3 rings (SSSR count). The molecule has 3 aromatic rings. The zero-order valence-electron chi connectivity index (χ0n) is 15.0. The predicted molar refractivity (Wildman–Crippen MR) is 101 cm³/mol. The lowest BCUT2D eigenvalue weighted by molar-refractivity contribution is -0.142. The van der Waals surface area contributed by atoms with Crippen LogP contribution in [0, 0.1) is 0 Å². The fraction of sp³-hybridized carbons (Fsp3) is 0.278. The van der Waals surface area contributed by atoms with Gasteiger partial charge in [0.25, 0.3) is 0 Å². The number of para-hydroxylation sites is 1. The number of aromatic nitrogens is 3. The number of carbonyl (C=O) groups excluding carboxylic acids is 1. The van der Waals surface area contributed by atoms with Crippen molar-refractivity contribution in [1.29, 1.82) is 0 Å². The van der Waals surface area contributed by atoms with Gasteiger partial charge in [0.05, 0.1) is 28.3 Å². The summed E-state index contributed by atoms with van der Waals surface area (Å²) >= 11 is 1.54. The van der Waals surface area contributed by atoms with Crippen LogP contribution in [-0.2, 0) is 19.0 Å². The number of amides is 2. The molecule has 10 heteroatoms. The van der Waals surface area contributed by atoms with E-state index in [-0.39, 0.29) is 12.2 Å². The smallest absolute Gasteiger partial charge is 0.337 e. The molecule has 0 atom stereocenters. The first-order valence-corrected chi connectivity index (χ1v) is 9.45. The summed E-state index contributed by atoms with van der Waals surface area (Å²) in [6.45, 7) is 2.26. The predicted octanol–water partition coefficient (Wildman–Crippen LogP) is 4.27. The Balaban J connectivity index is 1.68. The Morgan fingerprint density at radius 2 is 2.00 bits per heavy atom. The van der Waals surface area contributed by atoms with Crippen LogP contribution in [0.4, 0.5) is 23.7 Å². The molecule has 0 aliphatic rings. The highest BCUT2D eigenvalue weighted by molar-refractivity contribution is 7.09. The fourth-order valence-corrected chi connectivity index (χ4v) is 3.35. The van der Waals surface area contributed by atoms with Crippen molar-refractivity contribution in [1.82, 2.24) is 20.1 Å². The number of urea groups is 1. The first-order chi connectivity index (χ1) is 13.4. The quantitative estimate of drug-likeness (QED) is 0.639. The molecule has 2 N–H and O–H groups in total. The van der Waals surface area contributed by atoms with Crippen molar-refractivity contribution in [3.63, 3.8) is 0 Å². The van der Waals surface area contributed by atoms with Crippen molar-refractivity contribution in [2.45, 2.75) is 25.9 Å². The van der Waals surface area contributed by atoms with E-state index in [4.69, 9.17) is 0 Å². The summed E-state index contributed by atoms with van der Waals surface area (Å²) in [4.78, 5) is 16.4. The maximum absolute atomic E-state index is 13.5. The van der Waals surface area contributed by atoms with Crippen LogP contribution in [0.25, 0.3) is 5.69 Å². The summed E-state index contributed by atoms with van der Waals surface area (Å²) in [5, 5.41) is 11.5. The molecule has 0 unspecified atom stereocenters. The number of thiazole rings is 1. The van der Waals surface area contributed by atoms with Gasteiger partial charge in [-0.2, -0.15) is 18.3 Å². The molecule has 0 aliphatic carbocycles. The van der Waals surface area contributed by atoms with Gasteiger partial charge in [0.1, 0.15) is 0 Å². The van der Waals surface area contributed by atoms with Crippen LogP contribution in [0.15, 0.2) is 41.9 Å². The third kappa shape index (κ3) is 4.69. The summed E-state index contributed by atoms with van der Waals surface area (Å²) in [5.41, 5.74) is -0.356. The zero-order valence-corrected chi connectivity index (χ0v) is 15.8. The summed E-state index contributed by atoms with van der Waals surface area (Å²) < 4.78 is 41.4. The number of halogens is 3. The van der Waals surface area contributed by atoms with Crippen LogP contribution in [0.3, 0.4) is 0 Å². The van der Waals surface area contributed by atoms with E-state index < -0.39 is 23.6 Å². The van der Waals surface area contributed by atoms with Gasteiger partial charge in [0.15, 0.2) is 5.69 Å². The van der Waals surface area contributed by atoms with Crippen LogP contribution in [0.5, 0.6) is 0 Å². The summed E-state index contributed by atoms with van der Waals surface area (Å²) in [6, 6.07) is 7.19. The average Bonchev–Trinajstić information content (AvgIpc) is 3.29. The van der Waals surface area contributed by atoms with Crippen molar-refractivity contribution in [2.75, 3.05) is 11.9 Å². The maximum atomic E-state index is 13.5. The van der Waals surface area contributed by atoms with Gasteiger partial charge in [-0.3, -0.25) is 0 Å². The first-order valence-electron chi connectivity index (χ1n) is 8.57. The number of alkyl halides is 3. The Bertz CT molecular complexity index is 936. The third-order valence-electron chi connectivity index (χ3n) is 3.86. The van der Waals surface area contributed by atoms with Crippen LogP contribution >= 0.6 is 11.3 Å².